The minimum absolute atomic E-state index is 0.0497. The number of hydrogen-bond donors (Lipinski definition) is 1. The highest BCUT2D eigenvalue weighted by Gasteiger charge is 2.13. The number of nitro benzene ring substituents is 1. The lowest BCUT2D eigenvalue weighted by Gasteiger charge is -2.24. The van der Waals surface area contributed by atoms with Gasteiger partial charge >= 0.3 is 5.97 Å². The standard InChI is InChI=1S/C14H18N2O4/c1-3-9-15(4-2)13-7-6-12(16(19)20)10-11(13)5-8-14(17)18/h5-8,10H,3-4,9H2,1-2H3,(H,17,18)/b8-5+. The Bertz CT molecular complexity index is 526. The lowest BCUT2D eigenvalue weighted by atomic mass is 10.1. The summed E-state index contributed by atoms with van der Waals surface area (Å²) in [5.74, 6) is -1.08. The fraction of sp³-hybridized carbons (Fsp3) is 0.357. The van der Waals surface area contributed by atoms with Crippen molar-refractivity contribution in [3.05, 3.63) is 40.0 Å². The molecule has 0 heterocycles. The molecule has 6 heteroatoms. The first-order valence-electron chi connectivity index (χ1n) is 6.44. The lowest BCUT2D eigenvalue weighted by Crippen LogP contribution is -2.24. The average Bonchev–Trinajstić information content (AvgIpc) is 2.42. The number of hydrogen-bond acceptors (Lipinski definition) is 4. The van der Waals surface area contributed by atoms with Crippen molar-refractivity contribution in [1.29, 1.82) is 0 Å². The number of rotatable bonds is 7. The van der Waals surface area contributed by atoms with E-state index in [9.17, 15) is 14.9 Å². The topological polar surface area (TPSA) is 83.7 Å². The van der Waals surface area contributed by atoms with Crippen molar-refractivity contribution < 1.29 is 14.8 Å². The first-order chi connectivity index (χ1) is 9.49. The second kappa shape index (κ2) is 7.28. The van der Waals surface area contributed by atoms with Gasteiger partial charge in [0, 0.05) is 42.5 Å². The van der Waals surface area contributed by atoms with Gasteiger partial charge in [-0.05, 0) is 25.5 Å². The van der Waals surface area contributed by atoms with Crippen LogP contribution in [0.2, 0.25) is 0 Å². The van der Waals surface area contributed by atoms with Gasteiger partial charge in [-0.1, -0.05) is 6.92 Å². The quantitative estimate of drug-likeness (QED) is 0.471. The molecule has 0 aromatic heterocycles. The molecule has 0 bridgehead atoms. The zero-order chi connectivity index (χ0) is 15.1. The second-order valence-electron chi connectivity index (χ2n) is 4.25. The number of aliphatic carboxylic acids is 1. The lowest BCUT2D eigenvalue weighted by molar-refractivity contribution is -0.384. The van der Waals surface area contributed by atoms with Crippen molar-refractivity contribution in [1.82, 2.24) is 0 Å². The first kappa shape index (κ1) is 15.7. The van der Waals surface area contributed by atoms with Gasteiger partial charge in [-0.3, -0.25) is 10.1 Å². The minimum atomic E-state index is -1.08. The molecule has 20 heavy (non-hydrogen) atoms. The molecule has 0 atom stereocenters. The summed E-state index contributed by atoms with van der Waals surface area (Å²) in [5.41, 5.74) is 1.29. The Kier molecular flexibility index (Phi) is 5.71. The van der Waals surface area contributed by atoms with Crippen molar-refractivity contribution in [2.24, 2.45) is 0 Å². The molecule has 0 aliphatic rings. The maximum atomic E-state index is 10.8. The average molecular weight is 278 g/mol. The van der Waals surface area contributed by atoms with E-state index >= 15 is 0 Å². The third kappa shape index (κ3) is 4.08. The van der Waals surface area contributed by atoms with Gasteiger partial charge in [-0.2, -0.15) is 0 Å². The Morgan fingerprint density at radius 2 is 2.15 bits per heavy atom. The van der Waals surface area contributed by atoms with Crippen molar-refractivity contribution in [3.63, 3.8) is 0 Å². The summed E-state index contributed by atoms with van der Waals surface area (Å²) in [6.45, 7) is 5.59. The summed E-state index contributed by atoms with van der Waals surface area (Å²) in [6, 6.07) is 4.50. The van der Waals surface area contributed by atoms with E-state index in [0.29, 0.717) is 5.56 Å². The molecule has 1 rings (SSSR count). The van der Waals surface area contributed by atoms with E-state index in [4.69, 9.17) is 5.11 Å². The number of carbonyl (C=O) groups is 1. The van der Waals surface area contributed by atoms with Gasteiger partial charge in [-0.15, -0.1) is 0 Å². The summed E-state index contributed by atoms with van der Waals surface area (Å²) in [4.78, 5) is 23.0. The molecule has 1 N–H and O–H groups in total. The van der Waals surface area contributed by atoms with Crippen LogP contribution in [-0.4, -0.2) is 29.1 Å². The third-order valence-electron chi connectivity index (χ3n) is 2.84. The van der Waals surface area contributed by atoms with Crippen LogP contribution in [0.1, 0.15) is 25.8 Å². The number of nitro groups is 1. The maximum Gasteiger partial charge on any atom is 0.328 e. The monoisotopic (exact) mass is 278 g/mol. The Hall–Kier alpha value is -2.37. The Morgan fingerprint density at radius 1 is 1.45 bits per heavy atom. The van der Waals surface area contributed by atoms with Crippen LogP contribution >= 0.6 is 0 Å². The van der Waals surface area contributed by atoms with E-state index in [1.54, 1.807) is 6.07 Å². The molecule has 0 amide bonds. The van der Waals surface area contributed by atoms with Crippen LogP contribution in [0.25, 0.3) is 6.08 Å². The van der Waals surface area contributed by atoms with E-state index < -0.39 is 10.9 Å². The molecule has 0 aliphatic carbocycles. The van der Waals surface area contributed by atoms with Gasteiger partial charge in [0.2, 0.25) is 0 Å². The summed E-state index contributed by atoms with van der Waals surface area (Å²) in [7, 11) is 0. The predicted octanol–water partition coefficient (Wildman–Crippen LogP) is 2.93. The smallest absolute Gasteiger partial charge is 0.328 e. The molecule has 0 unspecified atom stereocenters. The number of carboxylic acids is 1. The summed E-state index contributed by atoms with van der Waals surface area (Å²) < 4.78 is 0. The number of nitrogens with zero attached hydrogens (tertiary/aromatic N) is 2. The predicted molar refractivity (Wildman–Crippen MR) is 77.9 cm³/mol. The van der Waals surface area contributed by atoms with Crippen molar-refractivity contribution in [2.75, 3.05) is 18.0 Å². The highest BCUT2D eigenvalue weighted by atomic mass is 16.6. The van der Waals surface area contributed by atoms with Crippen LogP contribution in [0.4, 0.5) is 11.4 Å². The van der Waals surface area contributed by atoms with Crippen LogP contribution in [0.5, 0.6) is 0 Å². The SMILES string of the molecule is CCCN(CC)c1ccc([N+](=O)[O-])cc1/C=C/C(=O)O. The molecular formula is C14H18N2O4. The molecule has 0 aliphatic heterocycles. The zero-order valence-electron chi connectivity index (χ0n) is 11.6. The van der Waals surface area contributed by atoms with E-state index in [1.165, 1.54) is 18.2 Å². The molecule has 0 saturated heterocycles. The molecule has 0 saturated carbocycles. The summed E-state index contributed by atoms with van der Waals surface area (Å²) in [5, 5.41) is 19.5. The molecule has 108 valence electrons. The van der Waals surface area contributed by atoms with Crippen molar-refractivity contribution in [3.8, 4) is 0 Å². The number of benzene rings is 1. The Labute approximate surface area is 117 Å². The zero-order valence-corrected chi connectivity index (χ0v) is 11.6. The van der Waals surface area contributed by atoms with Crippen molar-refractivity contribution in [2.45, 2.75) is 20.3 Å². The van der Waals surface area contributed by atoms with Gasteiger partial charge in [-0.25, -0.2) is 4.79 Å². The highest BCUT2D eigenvalue weighted by Crippen LogP contribution is 2.27. The Balaban J connectivity index is 3.27. The molecule has 1 aromatic carbocycles. The summed E-state index contributed by atoms with van der Waals surface area (Å²) in [6.07, 6.45) is 3.32. The van der Waals surface area contributed by atoms with Crippen LogP contribution in [0.15, 0.2) is 24.3 Å². The van der Waals surface area contributed by atoms with Crippen LogP contribution < -0.4 is 4.90 Å². The molecule has 0 fully saturated rings. The highest BCUT2D eigenvalue weighted by molar-refractivity contribution is 5.87. The van der Waals surface area contributed by atoms with Gasteiger partial charge in [0.05, 0.1) is 4.92 Å². The van der Waals surface area contributed by atoms with Crippen LogP contribution in [-0.2, 0) is 4.79 Å². The number of non-ortho nitro benzene ring substituents is 1. The van der Waals surface area contributed by atoms with E-state index in [-0.39, 0.29) is 5.69 Å². The largest absolute Gasteiger partial charge is 0.478 e. The molecular weight excluding hydrogens is 260 g/mol. The minimum Gasteiger partial charge on any atom is -0.478 e. The fourth-order valence-electron chi connectivity index (χ4n) is 1.96. The normalized spacial score (nSPS) is 10.7. The van der Waals surface area contributed by atoms with E-state index in [1.807, 2.05) is 13.8 Å². The van der Waals surface area contributed by atoms with Gasteiger partial charge in [0.25, 0.3) is 5.69 Å². The number of anilines is 1. The van der Waals surface area contributed by atoms with Gasteiger partial charge < -0.3 is 10.0 Å². The molecule has 0 radical (unpaired) electrons. The molecule has 6 nitrogen and oxygen atoms in total. The van der Waals surface area contributed by atoms with E-state index in [0.717, 1.165) is 31.3 Å². The Morgan fingerprint density at radius 3 is 2.65 bits per heavy atom. The third-order valence-corrected chi connectivity index (χ3v) is 2.84. The van der Waals surface area contributed by atoms with Gasteiger partial charge in [0.1, 0.15) is 0 Å². The molecule has 0 spiro atoms. The van der Waals surface area contributed by atoms with E-state index in [2.05, 4.69) is 4.90 Å². The maximum absolute atomic E-state index is 10.8. The number of carboxylic acid groups (broad SMARTS) is 1. The van der Waals surface area contributed by atoms with Crippen LogP contribution in [0, 0.1) is 10.1 Å². The van der Waals surface area contributed by atoms with Crippen molar-refractivity contribution >= 4 is 23.4 Å². The summed E-state index contributed by atoms with van der Waals surface area (Å²) >= 11 is 0. The second-order valence-corrected chi connectivity index (χ2v) is 4.25. The van der Waals surface area contributed by atoms with Gasteiger partial charge in [0.15, 0.2) is 0 Å². The fourth-order valence-corrected chi connectivity index (χ4v) is 1.96. The first-order valence-corrected chi connectivity index (χ1v) is 6.44. The molecule has 1 aromatic rings. The van der Waals surface area contributed by atoms with Crippen LogP contribution in [0.3, 0.4) is 0 Å².